The fourth-order valence-corrected chi connectivity index (χ4v) is 1.70. The van der Waals surface area contributed by atoms with Crippen molar-refractivity contribution in [2.45, 2.75) is 12.8 Å². The number of amides is 1. The molecule has 1 N–H and O–H groups in total. The second-order valence-electron chi connectivity index (χ2n) is 3.54. The summed E-state index contributed by atoms with van der Waals surface area (Å²) in [5, 5.41) is 6.35. The number of hydrogen-bond acceptors (Lipinski definition) is 3. The highest BCUT2D eigenvalue weighted by Crippen LogP contribution is 2.18. The Hall–Kier alpha value is -1.81. The summed E-state index contributed by atoms with van der Waals surface area (Å²) >= 11 is 5.79. The van der Waals surface area contributed by atoms with Gasteiger partial charge >= 0.3 is 0 Å². The summed E-state index contributed by atoms with van der Waals surface area (Å²) in [4.78, 5) is 11.9. The first-order valence-corrected chi connectivity index (χ1v) is 5.62. The number of nitrogens with zero attached hydrogens (tertiary/aromatic N) is 1. The fourth-order valence-electron chi connectivity index (χ4n) is 1.47. The summed E-state index contributed by atoms with van der Waals surface area (Å²) in [6.07, 6.45) is 1.40. The van der Waals surface area contributed by atoms with Gasteiger partial charge in [-0.3, -0.25) is 4.79 Å². The van der Waals surface area contributed by atoms with Crippen molar-refractivity contribution < 1.29 is 9.32 Å². The molecule has 0 saturated carbocycles. The maximum atomic E-state index is 11.9. The zero-order chi connectivity index (χ0) is 12.3. The lowest BCUT2D eigenvalue weighted by molar-refractivity contribution is 0.102. The van der Waals surface area contributed by atoms with E-state index in [0.29, 0.717) is 22.9 Å². The molecule has 1 aromatic heterocycles. The Morgan fingerprint density at radius 3 is 2.88 bits per heavy atom. The third-order valence-electron chi connectivity index (χ3n) is 2.40. The lowest BCUT2D eigenvalue weighted by Gasteiger charge is -2.07. The molecule has 0 atom stereocenters. The van der Waals surface area contributed by atoms with Crippen LogP contribution in [0.3, 0.4) is 0 Å². The molecule has 0 saturated heterocycles. The SMILES string of the molecule is Cc1oncc1C(=O)Nc1ccccc1CCl. The summed E-state index contributed by atoms with van der Waals surface area (Å²) in [7, 11) is 0. The van der Waals surface area contributed by atoms with Gasteiger partial charge in [-0.05, 0) is 18.6 Å². The molecular formula is C12H11ClN2O2. The Kier molecular flexibility index (Phi) is 3.44. The van der Waals surface area contributed by atoms with Gasteiger partial charge in [0.05, 0.1) is 6.20 Å². The molecule has 5 heteroatoms. The van der Waals surface area contributed by atoms with Crippen molar-refractivity contribution in [2.75, 3.05) is 5.32 Å². The predicted octanol–water partition coefficient (Wildman–Crippen LogP) is 2.97. The van der Waals surface area contributed by atoms with Crippen molar-refractivity contribution in [1.29, 1.82) is 0 Å². The predicted molar refractivity (Wildman–Crippen MR) is 65.2 cm³/mol. The molecule has 88 valence electrons. The van der Waals surface area contributed by atoms with Crippen LogP contribution in [0.25, 0.3) is 0 Å². The van der Waals surface area contributed by atoms with Crippen molar-refractivity contribution in [2.24, 2.45) is 0 Å². The maximum absolute atomic E-state index is 11.9. The van der Waals surface area contributed by atoms with Crippen LogP contribution < -0.4 is 5.32 Å². The highest BCUT2D eigenvalue weighted by molar-refractivity contribution is 6.17. The molecular weight excluding hydrogens is 240 g/mol. The van der Waals surface area contributed by atoms with Crippen LogP contribution >= 0.6 is 11.6 Å². The van der Waals surface area contributed by atoms with Crippen molar-refractivity contribution in [3.8, 4) is 0 Å². The molecule has 1 heterocycles. The van der Waals surface area contributed by atoms with Gasteiger partial charge in [0.2, 0.25) is 0 Å². The van der Waals surface area contributed by atoms with Gasteiger partial charge < -0.3 is 9.84 Å². The van der Waals surface area contributed by atoms with E-state index in [2.05, 4.69) is 10.5 Å². The monoisotopic (exact) mass is 250 g/mol. The third kappa shape index (κ3) is 2.47. The van der Waals surface area contributed by atoms with Gasteiger partial charge in [-0.15, -0.1) is 11.6 Å². The lowest BCUT2D eigenvalue weighted by Crippen LogP contribution is -2.13. The van der Waals surface area contributed by atoms with Gasteiger partial charge in [-0.25, -0.2) is 0 Å². The van der Waals surface area contributed by atoms with E-state index >= 15 is 0 Å². The number of nitrogens with one attached hydrogen (secondary N) is 1. The van der Waals surface area contributed by atoms with Crippen molar-refractivity contribution in [3.05, 3.63) is 47.3 Å². The second-order valence-corrected chi connectivity index (χ2v) is 3.81. The number of hydrogen-bond donors (Lipinski definition) is 1. The van der Waals surface area contributed by atoms with Crippen LogP contribution in [-0.4, -0.2) is 11.1 Å². The first-order valence-electron chi connectivity index (χ1n) is 5.09. The van der Waals surface area contributed by atoms with Gasteiger partial charge in [0.15, 0.2) is 0 Å². The van der Waals surface area contributed by atoms with Crippen LogP contribution in [0.2, 0.25) is 0 Å². The van der Waals surface area contributed by atoms with Crippen molar-refractivity contribution in [1.82, 2.24) is 5.16 Å². The van der Waals surface area contributed by atoms with Gasteiger partial charge in [-0.1, -0.05) is 23.4 Å². The Morgan fingerprint density at radius 2 is 2.24 bits per heavy atom. The quantitative estimate of drug-likeness (QED) is 0.852. The molecule has 0 aliphatic rings. The van der Waals surface area contributed by atoms with E-state index in [9.17, 15) is 4.79 Å². The highest BCUT2D eigenvalue weighted by atomic mass is 35.5. The van der Waals surface area contributed by atoms with E-state index in [1.165, 1.54) is 6.20 Å². The first-order chi connectivity index (χ1) is 8.22. The largest absolute Gasteiger partial charge is 0.361 e. The summed E-state index contributed by atoms with van der Waals surface area (Å²) < 4.78 is 4.84. The fraction of sp³-hybridized carbons (Fsp3) is 0.167. The molecule has 1 aromatic carbocycles. The number of alkyl halides is 1. The number of carbonyl (C=O) groups excluding carboxylic acids is 1. The summed E-state index contributed by atoms with van der Waals surface area (Å²) in [6.45, 7) is 1.69. The van der Waals surface area contributed by atoms with E-state index in [1.54, 1.807) is 13.0 Å². The number of aryl methyl sites for hydroxylation is 1. The zero-order valence-electron chi connectivity index (χ0n) is 9.24. The molecule has 2 rings (SSSR count). The average Bonchev–Trinajstić information content (AvgIpc) is 2.76. The Morgan fingerprint density at radius 1 is 1.47 bits per heavy atom. The molecule has 0 unspecified atom stereocenters. The topological polar surface area (TPSA) is 55.1 Å². The minimum atomic E-state index is -0.249. The van der Waals surface area contributed by atoms with E-state index in [4.69, 9.17) is 16.1 Å². The van der Waals surface area contributed by atoms with Crippen LogP contribution in [-0.2, 0) is 5.88 Å². The molecule has 0 aliphatic heterocycles. The summed E-state index contributed by atoms with van der Waals surface area (Å²) in [6, 6.07) is 7.38. The van der Waals surface area contributed by atoms with E-state index < -0.39 is 0 Å². The van der Waals surface area contributed by atoms with Crippen LogP contribution in [0.5, 0.6) is 0 Å². The molecule has 0 radical (unpaired) electrons. The number of anilines is 1. The minimum Gasteiger partial charge on any atom is -0.361 e. The van der Waals surface area contributed by atoms with E-state index in [0.717, 1.165) is 5.56 Å². The lowest BCUT2D eigenvalue weighted by atomic mass is 10.2. The number of rotatable bonds is 3. The van der Waals surface area contributed by atoms with Crippen molar-refractivity contribution >= 4 is 23.2 Å². The molecule has 1 amide bonds. The number of benzene rings is 1. The third-order valence-corrected chi connectivity index (χ3v) is 2.69. The Labute approximate surface area is 104 Å². The Balaban J connectivity index is 2.22. The molecule has 0 bridgehead atoms. The molecule has 0 aliphatic carbocycles. The van der Waals surface area contributed by atoms with Crippen LogP contribution in [0.4, 0.5) is 5.69 Å². The van der Waals surface area contributed by atoms with Gasteiger partial charge in [-0.2, -0.15) is 0 Å². The number of aromatic nitrogens is 1. The minimum absolute atomic E-state index is 0.249. The number of carbonyl (C=O) groups is 1. The Bertz CT molecular complexity index is 537. The van der Waals surface area contributed by atoms with Crippen molar-refractivity contribution in [3.63, 3.8) is 0 Å². The number of halogens is 1. The normalized spacial score (nSPS) is 10.2. The van der Waals surface area contributed by atoms with Crippen LogP contribution in [0, 0.1) is 6.92 Å². The molecule has 2 aromatic rings. The van der Waals surface area contributed by atoms with Gasteiger partial charge in [0.1, 0.15) is 11.3 Å². The maximum Gasteiger partial charge on any atom is 0.260 e. The molecule has 4 nitrogen and oxygen atoms in total. The first kappa shape index (κ1) is 11.7. The van der Waals surface area contributed by atoms with Gasteiger partial charge in [0.25, 0.3) is 5.91 Å². The molecule has 0 fully saturated rings. The standard InChI is InChI=1S/C12H11ClN2O2/c1-8-10(7-14-17-8)12(16)15-11-5-3-2-4-9(11)6-13/h2-5,7H,6H2,1H3,(H,15,16). The highest BCUT2D eigenvalue weighted by Gasteiger charge is 2.13. The molecule has 17 heavy (non-hydrogen) atoms. The van der Waals surface area contributed by atoms with E-state index in [-0.39, 0.29) is 5.91 Å². The summed E-state index contributed by atoms with van der Waals surface area (Å²) in [5.41, 5.74) is 2.00. The van der Waals surface area contributed by atoms with Gasteiger partial charge in [0, 0.05) is 11.6 Å². The second kappa shape index (κ2) is 5.01. The smallest absolute Gasteiger partial charge is 0.260 e. The summed E-state index contributed by atoms with van der Waals surface area (Å²) in [5.74, 6) is 0.589. The number of para-hydroxylation sites is 1. The van der Waals surface area contributed by atoms with Crippen LogP contribution in [0.15, 0.2) is 35.0 Å². The average molecular weight is 251 g/mol. The van der Waals surface area contributed by atoms with E-state index in [1.807, 2.05) is 18.2 Å². The zero-order valence-corrected chi connectivity index (χ0v) is 9.99. The molecule has 0 spiro atoms. The van der Waals surface area contributed by atoms with Crippen LogP contribution in [0.1, 0.15) is 21.7 Å².